The summed E-state index contributed by atoms with van der Waals surface area (Å²) in [5, 5.41) is 0. The van der Waals surface area contributed by atoms with Crippen LogP contribution in [0.1, 0.15) is 12.0 Å². The highest BCUT2D eigenvalue weighted by Gasteiger charge is 2.26. The Balaban J connectivity index is 2.34. The smallest absolute Gasteiger partial charge is 0.243 e. The van der Waals surface area contributed by atoms with Gasteiger partial charge in [-0.15, -0.1) is 0 Å². The number of ether oxygens (including phenoxy) is 1. The topological polar surface area (TPSA) is 72.6 Å². The second-order valence-corrected chi connectivity index (χ2v) is 6.30. The normalized spacial score (nSPS) is 18.5. The molecule has 0 spiro atoms. The maximum Gasteiger partial charge on any atom is 0.243 e. The van der Waals surface area contributed by atoms with Gasteiger partial charge in [0.2, 0.25) is 10.0 Å². The summed E-state index contributed by atoms with van der Waals surface area (Å²) >= 11 is 0. The molecule has 2 N–H and O–H groups in total. The Labute approximate surface area is 108 Å². The molecule has 2 rings (SSSR count). The molecular formula is C12H18N2O3S. The average molecular weight is 270 g/mol. The fourth-order valence-electron chi connectivity index (χ4n) is 2.06. The molecule has 1 aliphatic rings. The second-order valence-electron chi connectivity index (χ2n) is 4.39. The van der Waals surface area contributed by atoms with Gasteiger partial charge >= 0.3 is 0 Å². The molecule has 0 unspecified atom stereocenters. The maximum absolute atomic E-state index is 12.5. The molecule has 1 aliphatic heterocycles. The monoisotopic (exact) mass is 270 g/mol. The molecule has 1 saturated heterocycles. The van der Waals surface area contributed by atoms with Crippen molar-refractivity contribution in [3.8, 4) is 0 Å². The average Bonchev–Trinajstić information content (AvgIpc) is 2.57. The SMILES string of the molecule is Cc1cc(N)ccc1S(=O)(=O)N1CCCOCC1. The van der Waals surface area contributed by atoms with Crippen molar-refractivity contribution in [2.75, 3.05) is 32.0 Å². The Kier molecular flexibility index (Phi) is 3.89. The first-order chi connectivity index (χ1) is 8.51. The van der Waals surface area contributed by atoms with Gasteiger partial charge in [0.25, 0.3) is 0 Å². The summed E-state index contributed by atoms with van der Waals surface area (Å²) in [6, 6.07) is 4.88. The van der Waals surface area contributed by atoms with Crippen LogP contribution >= 0.6 is 0 Å². The van der Waals surface area contributed by atoms with Gasteiger partial charge in [-0.1, -0.05) is 0 Å². The molecule has 6 heteroatoms. The number of hydrogen-bond donors (Lipinski definition) is 1. The largest absolute Gasteiger partial charge is 0.399 e. The van der Waals surface area contributed by atoms with Gasteiger partial charge in [-0.2, -0.15) is 4.31 Å². The standard InChI is InChI=1S/C12H18N2O3S/c1-10-9-11(13)3-4-12(10)18(15,16)14-5-2-7-17-8-6-14/h3-4,9H,2,5-8,13H2,1H3. The lowest BCUT2D eigenvalue weighted by Gasteiger charge is -2.20. The van der Waals surface area contributed by atoms with E-state index < -0.39 is 10.0 Å². The van der Waals surface area contributed by atoms with Crippen molar-refractivity contribution in [2.24, 2.45) is 0 Å². The van der Waals surface area contributed by atoms with E-state index in [9.17, 15) is 8.42 Å². The molecule has 1 fully saturated rings. The van der Waals surface area contributed by atoms with E-state index in [0.717, 1.165) is 6.42 Å². The Morgan fingerprint density at radius 2 is 2.06 bits per heavy atom. The van der Waals surface area contributed by atoms with E-state index in [1.165, 1.54) is 4.31 Å². The van der Waals surface area contributed by atoms with Crippen molar-refractivity contribution in [3.63, 3.8) is 0 Å². The minimum atomic E-state index is -3.44. The maximum atomic E-state index is 12.5. The van der Waals surface area contributed by atoms with E-state index in [0.29, 0.717) is 42.4 Å². The van der Waals surface area contributed by atoms with Crippen LogP contribution in [0.5, 0.6) is 0 Å². The molecule has 0 radical (unpaired) electrons. The van der Waals surface area contributed by atoms with Crippen LogP contribution in [-0.4, -0.2) is 39.0 Å². The van der Waals surface area contributed by atoms with E-state index in [4.69, 9.17) is 10.5 Å². The summed E-state index contributed by atoms with van der Waals surface area (Å²) < 4.78 is 31.8. The third kappa shape index (κ3) is 2.66. The van der Waals surface area contributed by atoms with Crippen LogP contribution in [0.25, 0.3) is 0 Å². The van der Waals surface area contributed by atoms with Gasteiger partial charge in [0.05, 0.1) is 11.5 Å². The first-order valence-corrected chi connectivity index (χ1v) is 7.40. The first kappa shape index (κ1) is 13.3. The molecule has 1 heterocycles. The molecule has 0 aromatic heterocycles. The zero-order chi connectivity index (χ0) is 13.2. The molecule has 0 saturated carbocycles. The summed E-state index contributed by atoms with van der Waals surface area (Å²) in [5.41, 5.74) is 6.90. The van der Waals surface area contributed by atoms with Crippen molar-refractivity contribution >= 4 is 15.7 Å². The Morgan fingerprint density at radius 3 is 2.78 bits per heavy atom. The summed E-state index contributed by atoms with van der Waals surface area (Å²) in [6.45, 7) is 3.75. The summed E-state index contributed by atoms with van der Waals surface area (Å²) in [5.74, 6) is 0. The zero-order valence-electron chi connectivity index (χ0n) is 10.4. The van der Waals surface area contributed by atoms with Gasteiger partial charge < -0.3 is 10.5 Å². The highest BCUT2D eigenvalue weighted by atomic mass is 32.2. The van der Waals surface area contributed by atoms with Gasteiger partial charge in [0.1, 0.15) is 0 Å². The molecule has 1 aromatic carbocycles. The molecule has 0 aliphatic carbocycles. The number of nitrogens with zero attached hydrogens (tertiary/aromatic N) is 1. The number of nitrogen functional groups attached to an aromatic ring is 1. The minimum absolute atomic E-state index is 0.332. The molecule has 1 aromatic rings. The third-order valence-corrected chi connectivity index (χ3v) is 5.06. The Bertz CT molecular complexity index is 520. The van der Waals surface area contributed by atoms with E-state index in [2.05, 4.69) is 0 Å². The third-order valence-electron chi connectivity index (χ3n) is 3.00. The highest BCUT2D eigenvalue weighted by Crippen LogP contribution is 2.22. The summed E-state index contributed by atoms with van der Waals surface area (Å²) in [6.07, 6.45) is 0.729. The Morgan fingerprint density at radius 1 is 1.28 bits per heavy atom. The number of aryl methyl sites for hydroxylation is 1. The van der Waals surface area contributed by atoms with Crippen molar-refractivity contribution in [3.05, 3.63) is 23.8 Å². The number of anilines is 1. The zero-order valence-corrected chi connectivity index (χ0v) is 11.2. The quantitative estimate of drug-likeness (QED) is 0.813. The highest BCUT2D eigenvalue weighted by molar-refractivity contribution is 7.89. The molecule has 0 atom stereocenters. The van der Waals surface area contributed by atoms with Gasteiger partial charge in [-0.05, 0) is 37.1 Å². The first-order valence-electron chi connectivity index (χ1n) is 5.96. The van der Waals surface area contributed by atoms with Crippen LogP contribution in [0.15, 0.2) is 23.1 Å². The fraction of sp³-hybridized carbons (Fsp3) is 0.500. The molecule has 18 heavy (non-hydrogen) atoms. The lowest BCUT2D eigenvalue weighted by molar-refractivity contribution is 0.148. The predicted octanol–water partition coefficient (Wildman–Crippen LogP) is 0.988. The van der Waals surface area contributed by atoms with E-state index in [-0.39, 0.29) is 0 Å². The molecular weight excluding hydrogens is 252 g/mol. The lowest BCUT2D eigenvalue weighted by atomic mass is 10.2. The molecule has 0 amide bonds. The van der Waals surface area contributed by atoms with Crippen LogP contribution in [0.3, 0.4) is 0 Å². The summed E-state index contributed by atoms with van der Waals surface area (Å²) in [4.78, 5) is 0.332. The van der Waals surface area contributed by atoms with Crippen molar-refractivity contribution < 1.29 is 13.2 Å². The molecule has 5 nitrogen and oxygen atoms in total. The van der Waals surface area contributed by atoms with Crippen LogP contribution < -0.4 is 5.73 Å². The predicted molar refractivity (Wildman–Crippen MR) is 69.8 cm³/mol. The number of benzene rings is 1. The van der Waals surface area contributed by atoms with Gasteiger partial charge in [0, 0.05) is 25.4 Å². The molecule has 100 valence electrons. The van der Waals surface area contributed by atoms with Gasteiger partial charge in [-0.3, -0.25) is 0 Å². The van der Waals surface area contributed by atoms with Gasteiger partial charge in [0.15, 0.2) is 0 Å². The van der Waals surface area contributed by atoms with E-state index >= 15 is 0 Å². The number of rotatable bonds is 2. The molecule has 0 bridgehead atoms. The Hall–Kier alpha value is -1.11. The van der Waals surface area contributed by atoms with Crippen LogP contribution in [0, 0.1) is 6.92 Å². The summed E-state index contributed by atoms with van der Waals surface area (Å²) in [7, 11) is -3.44. The lowest BCUT2D eigenvalue weighted by Crippen LogP contribution is -2.33. The van der Waals surface area contributed by atoms with Gasteiger partial charge in [-0.25, -0.2) is 8.42 Å². The second kappa shape index (κ2) is 5.26. The van der Waals surface area contributed by atoms with Crippen LogP contribution in [-0.2, 0) is 14.8 Å². The van der Waals surface area contributed by atoms with Crippen LogP contribution in [0.2, 0.25) is 0 Å². The van der Waals surface area contributed by atoms with Crippen LogP contribution in [0.4, 0.5) is 5.69 Å². The van der Waals surface area contributed by atoms with Crippen molar-refractivity contribution in [2.45, 2.75) is 18.2 Å². The van der Waals surface area contributed by atoms with Crippen molar-refractivity contribution in [1.29, 1.82) is 0 Å². The minimum Gasteiger partial charge on any atom is -0.399 e. The number of hydrogen-bond acceptors (Lipinski definition) is 4. The van der Waals surface area contributed by atoms with Crippen molar-refractivity contribution in [1.82, 2.24) is 4.31 Å². The fourth-order valence-corrected chi connectivity index (χ4v) is 3.73. The number of sulfonamides is 1. The van der Waals surface area contributed by atoms with E-state index in [1.54, 1.807) is 25.1 Å². The van der Waals surface area contributed by atoms with E-state index in [1.807, 2.05) is 0 Å². The number of nitrogens with two attached hydrogens (primary N) is 1.